The second kappa shape index (κ2) is 9.30. The number of carbonyl (C=O) groups is 2. The number of sulfone groups is 1. The Balaban J connectivity index is 1.76. The average Bonchev–Trinajstić information content (AvgIpc) is 2.96. The third-order valence-electron chi connectivity index (χ3n) is 4.26. The number of thioether (sulfide) groups is 1. The van der Waals surface area contributed by atoms with Gasteiger partial charge >= 0.3 is 5.97 Å². The van der Waals surface area contributed by atoms with Crippen molar-refractivity contribution in [2.24, 2.45) is 0 Å². The number of rotatable bonds is 7. The van der Waals surface area contributed by atoms with E-state index in [1.54, 1.807) is 18.2 Å². The maximum atomic E-state index is 12.7. The molecule has 10 heteroatoms. The van der Waals surface area contributed by atoms with Gasteiger partial charge in [0.1, 0.15) is 4.32 Å². The number of carbonyl (C=O) groups excluding carboxylic acids is 1. The molecule has 0 atom stereocenters. The molecule has 0 bridgehead atoms. The third-order valence-corrected chi connectivity index (χ3v) is 7.67. The van der Waals surface area contributed by atoms with Crippen molar-refractivity contribution in [3.8, 4) is 0 Å². The first-order chi connectivity index (χ1) is 14.2. The van der Waals surface area contributed by atoms with Crippen LogP contribution in [0.25, 0.3) is 6.08 Å². The van der Waals surface area contributed by atoms with Crippen molar-refractivity contribution in [2.75, 3.05) is 6.54 Å². The van der Waals surface area contributed by atoms with E-state index in [1.807, 2.05) is 0 Å². The molecule has 1 N–H and O–H groups in total. The van der Waals surface area contributed by atoms with Gasteiger partial charge in [0.25, 0.3) is 5.91 Å². The lowest BCUT2D eigenvalue weighted by Crippen LogP contribution is -2.29. The Bertz CT molecular complexity index is 1130. The molecular weight excluding hydrogens is 466 g/mol. The number of carboxylic acids is 1. The summed E-state index contributed by atoms with van der Waals surface area (Å²) < 4.78 is 25.8. The zero-order chi connectivity index (χ0) is 21.9. The summed E-state index contributed by atoms with van der Waals surface area (Å²) in [6, 6.07) is 12.1. The molecule has 2 aromatic rings. The second-order valence-corrected chi connectivity index (χ2v) is 10.4. The van der Waals surface area contributed by atoms with E-state index < -0.39 is 15.8 Å². The smallest absolute Gasteiger partial charge is 0.303 e. The largest absolute Gasteiger partial charge is 0.481 e. The van der Waals surface area contributed by atoms with Crippen molar-refractivity contribution >= 4 is 67.7 Å². The molecule has 3 rings (SSSR count). The summed E-state index contributed by atoms with van der Waals surface area (Å²) in [5.74, 6) is -1.21. The summed E-state index contributed by atoms with van der Waals surface area (Å²) in [6.45, 7) is 0.243. The Morgan fingerprint density at radius 3 is 2.23 bits per heavy atom. The normalized spacial score (nSPS) is 15.8. The summed E-state index contributed by atoms with van der Waals surface area (Å²) >= 11 is 12.2. The van der Waals surface area contributed by atoms with E-state index in [4.69, 9.17) is 28.9 Å². The van der Waals surface area contributed by atoms with Crippen molar-refractivity contribution in [2.45, 2.75) is 22.6 Å². The van der Waals surface area contributed by atoms with E-state index in [0.717, 1.165) is 11.8 Å². The quantitative estimate of drug-likeness (QED) is 0.467. The molecule has 6 nitrogen and oxygen atoms in total. The van der Waals surface area contributed by atoms with Gasteiger partial charge in [0.2, 0.25) is 9.84 Å². The van der Waals surface area contributed by atoms with Crippen LogP contribution in [0.5, 0.6) is 0 Å². The van der Waals surface area contributed by atoms with Crippen molar-refractivity contribution in [3.05, 3.63) is 64.0 Å². The Hall–Kier alpha value is -2.20. The van der Waals surface area contributed by atoms with Crippen molar-refractivity contribution in [3.63, 3.8) is 0 Å². The Morgan fingerprint density at radius 2 is 1.67 bits per heavy atom. The summed E-state index contributed by atoms with van der Waals surface area (Å²) in [5, 5.41) is 9.18. The lowest BCUT2D eigenvalue weighted by molar-refractivity contribution is -0.137. The summed E-state index contributed by atoms with van der Waals surface area (Å²) in [5.41, 5.74) is 0.649. The van der Waals surface area contributed by atoms with Gasteiger partial charge in [-0.2, -0.15) is 0 Å². The number of nitrogens with zero attached hydrogens (tertiary/aromatic N) is 1. The highest BCUT2D eigenvalue weighted by atomic mass is 35.5. The molecule has 0 radical (unpaired) electrons. The molecule has 0 aliphatic carbocycles. The van der Waals surface area contributed by atoms with Crippen molar-refractivity contribution < 1.29 is 23.1 Å². The number of hydrogen-bond acceptors (Lipinski definition) is 6. The average molecular weight is 482 g/mol. The zero-order valence-corrected chi connectivity index (χ0v) is 18.7. The van der Waals surface area contributed by atoms with Crippen LogP contribution in [0.15, 0.2) is 63.2 Å². The maximum absolute atomic E-state index is 12.7. The third kappa shape index (κ3) is 5.10. The molecule has 1 aliphatic heterocycles. The molecule has 0 spiro atoms. The number of benzene rings is 2. The topological polar surface area (TPSA) is 91.8 Å². The molecule has 0 saturated carbocycles. The van der Waals surface area contributed by atoms with Gasteiger partial charge in [-0.15, -0.1) is 0 Å². The van der Waals surface area contributed by atoms with Crippen molar-refractivity contribution in [1.82, 2.24) is 4.90 Å². The molecule has 1 heterocycles. The van der Waals surface area contributed by atoms with Crippen LogP contribution in [0.1, 0.15) is 18.4 Å². The van der Waals surface area contributed by atoms with Crippen LogP contribution in [0, 0.1) is 0 Å². The van der Waals surface area contributed by atoms with Crippen LogP contribution < -0.4 is 0 Å². The van der Waals surface area contributed by atoms with Crippen LogP contribution in [-0.2, 0) is 19.4 Å². The number of aliphatic carboxylic acids is 1. The fourth-order valence-electron chi connectivity index (χ4n) is 2.73. The Labute approximate surface area is 188 Å². The van der Waals surface area contributed by atoms with Crippen molar-refractivity contribution in [1.29, 1.82) is 0 Å². The van der Waals surface area contributed by atoms with Gasteiger partial charge in [-0.05, 0) is 54.5 Å². The van der Waals surface area contributed by atoms with Gasteiger partial charge in [-0.1, -0.05) is 47.7 Å². The molecule has 1 fully saturated rings. The second-order valence-electron chi connectivity index (χ2n) is 6.36. The SMILES string of the molecule is O=C(O)CCCN1C(=O)/C(=C/c2ccc(S(=O)(=O)c3ccc(Cl)cc3)cc2)SC1=S. The van der Waals surface area contributed by atoms with Gasteiger partial charge in [0.05, 0.1) is 14.7 Å². The summed E-state index contributed by atoms with van der Waals surface area (Å²) in [4.78, 5) is 25.2. The maximum Gasteiger partial charge on any atom is 0.303 e. The first-order valence-electron chi connectivity index (χ1n) is 8.76. The molecular formula is C20H16ClNO5S3. The van der Waals surface area contributed by atoms with E-state index in [-0.39, 0.29) is 28.7 Å². The number of carboxylic acid groups (broad SMARTS) is 1. The molecule has 156 valence electrons. The van der Waals surface area contributed by atoms with E-state index in [1.165, 1.54) is 41.3 Å². The van der Waals surface area contributed by atoms with Gasteiger partial charge < -0.3 is 5.11 Å². The monoisotopic (exact) mass is 481 g/mol. The summed E-state index contributed by atoms with van der Waals surface area (Å²) in [7, 11) is -3.67. The highest BCUT2D eigenvalue weighted by Crippen LogP contribution is 2.33. The van der Waals surface area contributed by atoms with Gasteiger partial charge in [0.15, 0.2) is 0 Å². The number of hydrogen-bond donors (Lipinski definition) is 1. The minimum atomic E-state index is -3.67. The van der Waals surface area contributed by atoms with Crippen LogP contribution in [0.2, 0.25) is 5.02 Å². The highest BCUT2D eigenvalue weighted by Gasteiger charge is 2.31. The van der Waals surface area contributed by atoms with E-state index >= 15 is 0 Å². The molecule has 30 heavy (non-hydrogen) atoms. The van der Waals surface area contributed by atoms with E-state index in [0.29, 0.717) is 26.2 Å². The lowest BCUT2D eigenvalue weighted by Gasteiger charge is -2.13. The standard InChI is InChI=1S/C20H16ClNO5S3/c21-14-5-9-16(10-6-14)30(26,27)15-7-3-13(4-8-15)12-17-19(25)22(20(28)29-17)11-1-2-18(23)24/h3-10,12H,1-2,11H2,(H,23,24)/b17-12-. The molecule has 0 aromatic heterocycles. The minimum absolute atomic E-state index is 0.0420. The van der Waals surface area contributed by atoms with Crippen LogP contribution >= 0.6 is 35.6 Å². The fourth-order valence-corrected chi connectivity index (χ4v) is 5.42. The predicted molar refractivity (Wildman–Crippen MR) is 120 cm³/mol. The first-order valence-corrected chi connectivity index (χ1v) is 11.8. The van der Waals surface area contributed by atoms with Crippen LogP contribution in [0.4, 0.5) is 0 Å². The Kier molecular flexibility index (Phi) is 6.97. The molecule has 0 unspecified atom stereocenters. The van der Waals surface area contributed by atoms with E-state index in [9.17, 15) is 18.0 Å². The first kappa shape index (κ1) is 22.5. The Morgan fingerprint density at radius 1 is 1.10 bits per heavy atom. The molecule has 1 saturated heterocycles. The molecule has 1 amide bonds. The van der Waals surface area contributed by atoms with E-state index in [2.05, 4.69) is 0 Å². The predicted octanol–water partition coefficient (Wildman–Crippen LogP) is 4.24. The summed E-state index contributed by atoms with van der Waals surface area (Å²) in [6.07, 6.45) is 1.90. The fraction of sp³-hybridized carbons (Fsp3) is 0.150. The minimum Gasteiger partial charge on any atom is -0.481 e. The highest BCUT2D eigenvalue weighted by molar-refractivity contribution is 8.26. The van der Waals surface area contributed by atoms with Crippen LogP contribution in [0.3, 0.4) is 0 Å². The van der Waals surface area contributed by atoms with Crippen LogP contribution in [-0.4, -0.2) is 41.2 Å². The number of halogens is 1. The molecule has 2 aromatic carbocycles. The van der Waals surface area contributed by atoms with Gasteiger partial charge in [0, 0.05) is 18.0 Å². The number of thiocarbonyl (C=S) groups is 1. The molecule has 1 aliphatic rings. The lowest BCUT2D eigenvalue weighted by atomic mass is 10.2. The van der Waals surface area contributed by atoms with Gasteiger partial charge in [-0.3, -0.25) is 14.5 Å². The van der Waals surface area contributed by atoms with Gasteiger partial charge in [-0.25, -0.2) is 8.42 Å². The number of amides is 1. The zero-order valence-electron chi connectivity index (χ0n) is 15.4.